The molecule has 2 aliphatic rings. The highest BCUT2D eigenvalue weighted by Crippen LogP contribution is 2.41. The molecule has 0 bridgehead atoms. The van der Waals surface area contributed by atoms with Gasteiger partial charge in [-0.3, -0.25) is 4.79 Å². The summed E-state index contributed by atoms with van der Waals surface area (Å²) in [4.78, 5) is 19.8. The third-order valence-electron chi connectivity index (χ3n) is 4.98. The summed E-state index contributed by atoms with van der Waals surface area (Å²) in [6, 6.07) is 9.18. The van der Waals surface area contributed by atoms with E-state index in [9.17, 15) is 4.79 Å². The number of hydrogen-bond donors (Lipinski definition) is 1. The Morgan fingerprint density at radius 1 is 1.28 bits per heavy atom. The molecule has 0 radical (unpaired) electrons. The van der Waals surface area contributed by atoms with E-state index in [1.807, 2.05) is 5.38 Å². The van der Waals surface area contributed by atoms with Crippen molar-refractivity contribution in [3.63, 3.8) is 0 Å². The number of halogens is 1. The van der Waals surface area contributed by atoms with Crippen LogP contribution in [0.5, 0.6) is 0 Å². The first-order valence-corrected chi connectivity index (χ1v) is 9.71. The van der Waals surface area contributed by atoms with Gasteiger partial charge >= 0.3 is 0 Å². The highest BCUT2D eigenvalue weighted by atomic mass is 35.5. The Bertz CT molecular complexity index is 744. The molecule has 4 nitrogen and oxygen atoms in total. The molecule has 2 N–H and O–H groups in total. The molecule has 2 aromatic rings. The number of nitrogens with two attached hydrogens (primary N) is 1. The van der Waals surface area contributed by atoms with E-state index >= 15 is 0 Å². The number of carbonyl (C=O) groups excluding carboxylic acids is 1. The number of rotatable bonds is 5. The average molecular weight is 378 g/mol. The van der Waals surface area contributed by atoms with Gasteiger partial charge < -0.3 is 10.6 Å². The lowest BCUT2D eigenvalue weighted by molar-refractivity contribution is 0.0632. The van der Waals surface area contributed by atoms with Crippen LogP contribution in [0.25, 0.3) is 0 Å². The van der Waals surface area contributed by atoms with Gasteiger partial charge in [-0.25, -0.2) is 4.98 Å². The summed E-state index contributed by atoms with van der Waals surface area (Å²) in [6.07, 6.45) is 6.30. The average Bonchev–Trinajstić information content (AvgIpc) is 3.33. The van der Waals surface area contributed by atoms with E-state index in [1.165, 1.54) is 11.1 Å². The van der Waals surface area contributed by atoms with Crippen molar-refractivity contribution in [2.24, 2.45) is 5.73 Å². The standard InChI is InChI=1S/C19H23N3OS.ClH/c20-11-10-18-21-16(12-24-18)19(23)22(14-8-9-14)17-7-3-5-13-4-1-2-6-15(13)17;/h1-2,4,6,12,14,17H,3,5,7-11,20H2;1H. The fraction of sp³-hybridized carbons (Fsp3) is 0.474. The fourth-order valence-electron chi connectivity index (χ4n) is 3.71. The lowest BCUT2D eigenvalue weighted by Gasteiger charge is -2.36. The predicted molar refractivity (Wildman–Crippen MR) is 103 cm³/mol. The maximum Gasteiger partial charge on any atom is 0.274 e. The second kappa shape index (κ2) is 7.85. The van der Waals surface area contributed by atoms with Gasteiger partial charge in [0.1, 0.15) is 5.69 Å². The molecule has 0 saturated heterocycles. The summed E-state index contributed by atoms with van der Waals surface area (Å²) in [5, 5.41) is 2.86. The topological polar surface area (TPSA) is 59.2 Å². The Hall–Kier alpha value is -1.43. The summed E-state index contributed by atoms with van der Waals surface area (Å²) < 4.78 is 0. The number of carbonyl (C=O) groups is 1. The van der Waals surface area contributed by atoms with Crippen LogP contribution in [-0.2, 0) is 12.8 Å². The Balaban J connectivity index is 0.00000182. The van der Waals surface area contributed by atoms with Gasteiger partial charge in [-0.05, 0) is 49.8 Å². The van der Waals surface area contributed by atoms with Crippen LogP contribution >= 0.6 is 23.7 Å². The number of aryl methyl sites for hydroxylation is 1. The second-order valence-electron chi connectivity index (χ2n) is 6.72. The zero-order chi connectivity index (χ0) is 16.5. The molecule has 1 aromatic carbocycles. The van der Waals surface area contributed by atoms with Gasteiger partial charge in [0.15, 0.2) is 0 Å². The number of aromatic nitrogens is 1. The molecular formula is C19H24ClN3OS. The minimum atomic E-state index is 0. The molecule has 0 spiro atoms. The Morgan fingerprint density at radius 3 is 2.84 bits per heavy atom. The zero-order valence-corrected chi connectivity index (χ0v) is 15.8. The molecule has 1 heterocycles. The van der Waals surface area contributed by atoms with Gasteiger partial charge in [-0.15, -0.1) is 23.7 Å². The van der Waals surface area contributed by atoms with Crippen molar-refractivity contribution in [2.45, 2.75) is 50.6 Å². The summed E-state index contributed by atoms with van der Waals surface area (Å²) in [5.41, 5.74) is 8.93. The first-order valence-electron chi connectivity index (χ1n) is 8.83. The largest absolute Gasteiger partial charge is 0.330 e. The molecule has 1 aromatic heterocycles. The van der Waals surface area contributed by atoms with Crippen molar-refractivity contribution in [3.8, 4) is 0 Å². The van der Waals surface area contributed by atoms with Crippen LogP contribution in [0.1, 0.15) is 58.3 Å². The molecule has 134 valence electrons. The molecule has 1 amide bonds. The van der Waals surface area contributed by atoms with Gasteiger partial charge in [0.2, 0.25) is 0 Å². The molecule has 6 heteroatoms. The third-order valence-corrected chi connectivity index (χ3v) is 5.89. The third kappa shape index (κ3) is 3.73. The monoisotopic (exact) mass is 377 g/mol. The van der Waals surface area contributed by atoms with Gasteiger partial charge in [-0.1, -0.05) is 24.3 Å². The first kappa shape index (κ1) is 18.4. The molecule has 1 saturated carbocycles. The van der Waals surface area contributed by atoms with E-state index in [2.05, 4.69) is 34.1 Å². The Kier molecular flexibility index (Phi) is 5.77. The van der Waals surface area contributed by atoms with Crippen LogP contribution in [-0.4, -0.2) is 28.4 Å². The molecule has 2 aliphatic carbocycles. The molecule has 0 aliphatic heterocycles. The van der Waals surface area contributed by atoms with Crippen LogP contribution in [0.15, 0.2) is 29.6 Å². The lowest BCUT2D eigenvalue weighted by atomic mass is 9.86. The van der Waals surface area contributed by atoms with Gasteiger partial charge in [-0.2, -0.15) is 0 Å². The molecule has 1 fully saturated rings. The van der Waals surface area contributed by atoms with E-state index in [0.29, 0.717) is 18.3 Å². The maximum atomic E-state index is 13.2. The van der Waals surface area contributed by atoms with Crippen LogP contribution < -0.4 is 5.73 Å². The second-order valence-corrected chi connectivity index (χ2v) is 7.66. The molecular weight excluding hydrogens is 354 g/mol. The minimum Gasteiger partial charge on any atom is -0.330 e. The Morgan fingerprint density at radius 2 is 2.08 bits per heavy atom. The molecule has 25 heavy (non-hydrogen) atoms. The lowest BCUT2D eigenvalue weighted by Crippen LogP contribution is -2.38. The first-order chi connectivity index (χ1) is 11.8. The molecule has 1 atom stereocenters. The van der Waals surface area contributed by atoms with E-state index in [4.69, 9.17) is 5.73 Å². The van der Waals surface area contributed by atoms with Gasteiger partial charge in [0, 0.05) is 17.8 Å². The van der Waals surface area contributed by atoms with Crippen molar-refractivity contribution in [1.82, 2.24) is 9.88 Å². The van der Waals surface area contributed by atoms with Gasteiger partial charge in [0.05, 0.1) is 11.0 Å². The van der Waals surface area contributed by atoms with Crippen LogP contribution in [0.2, 0.25) is 0 Å². The summed E-state index contributed by atoms with van der Waals surface area (Å²) >= 11 is 1.55. The van der Waals surface area contributed by atoms with Crippen molar-refractivity contribution < 1.29 is 4.79 Å². The van der Waals surface area contributed by atoms with E-state index in [0.717, 1.165) is 43.5 Å². The van der Waals surface area contributed by atoms with Gasteiger partial charge in [0.25, 0.3) is 5.91 Å². The maximum absolute atomic E-state index is 13.2. The normalized spacial score (nSPS) is 19.0. The van der Waals surface area contributed by atoms with Crippen molar-refractivity contribution in [3.05, 3.63) is 51.5 Å². The molecule has 4 rings (SSSR count). The minimum absolute atomic E-state index is 0. The van der Waals surface area contributed by atoms with E-state index in [-0.39, 0.29) is 24.4 Å². The zero-order valence-electron chi connectivity index (χ0n) is 14.2. The van der Waals surface area contributed by atoms with Crippen LogP contribution in [0.3, 0.4) is 0 Å². The van der Waals surface area contributed by atoms with Crippen LogP contribution in [0.4, 0.5) is 0 Å². The quantitative estimate of drug-likeness (QED) is 0.863. The Labute approximate surface area is 158 Å². The molecule has 1 unspecified atom stereocenters. The smallest absolute Gasteiger partial charge is 0.274 e. The van der Waals surface area contributed by atoms with Crippen molar-refractivity contribution in [2.75, 3.05) is 6.54 Å². The summed E-state index contributed by atoms with van der Waals surface area (Å²) in [7, 11) is 0. The number of amides is 1. The number of nitrogens with zero attached hydrogens (tertiary/aromatic N) is 2. The highest BCUT2D eigenvalue weighted by molar-refractivity contribution is 7.09. The summed E-state index contributed by atoms with van der Waals surface area (Å²) in [6.45, 7) is 0.573. The number of fused-ring (bicyclic) bond motifs is 1. The van der Waals surface area contributed by atoms with Crippen molar-refractivity contribution >= 4 is 29.7 Å². The highest BCUT2D eigenvalue weighted by Gasteiger charge is 2.40. The summed E-state index contributed by atoms with van der Waals surface area (Å²) in [5.74, 6) is 0.0960. The number of hydrogen-bond acceptors (Lipinski definition) is 4. The van der Waals surface area contributed by atoms with Crippen molar-refractivity contribution in [1.29, 1.82) is 0 Å². The van der Waals surface area contributed by atoms with Crippen LogP contribution in [0, 0.1) is 0 Å². The van der Waals surface area contributed by atoms with E-state index < -0.39 is 0 Å². The SMILES string of the molecule is Cl.NCCc1nc(C(=O)N(C2CC2)C2CCCc3ccccc32)cs1. The predicted octanol–water partition coefficient (Wildman–Crippen LogP) is 3.75. The number of thiazole rings is 1. The number of benzene rings is 1. The van der Waals surface area contributed by atoms with E-state index in [1.54, 1.807) is 11.3 Å². The fourth-order valence-corrected chi connectivity index (χ4v) is 4.50.